The number of epoxide rings is 1. The van der Waals surface area contributed by atoms with Crippen molar-refractivity contribution in [2.45, 2.75) is 38.1 Å². The topological polar surface area (TPSA) is 102 Å². The Morgan fingerprint density at radius 2 is 2.09 bits per heavy atom. The van der Waals surface area contributed by atoms with Gasteiger partial charge in [-0.15, -0.1) is 0 Å². The normalized spacial score (nSPS) is 23.3. The molecule has 0 bridgehead atoms. The van der Waals surface area contributed by atoms with Gasteiger partial charge in [0.2, 0.25) is 0 Å². The summed E-state index contributed by atoms with van der Waals surface area (Å²) in [5, 5.41) is 9.27. The van der Waals surface area contributed by atoms with E-state index >= 15 is 0 Å². The third-order valence-corrected chi connectivity index (χ3v) is 4.29. The number of esters is 1. The molecule has 1 aromatic rings. The molecular weight excluding hydrogens is 298 g/mol. The Morgan fingerprint density at radius 1 is 1.35 bits per heavy atom. The van der Waals surface area contributed by atoms with Crippen LogP contribution in [0.25, 0.3) is 0 Å². The number of ether oxygens (including phenoxy) is 2. The number of hydrogen-bond acceptors (Lipinski definition) is 5. The summed E-state index contributed by atoms with van der Waals surface area (Å²) >= 11 is 0. The van der Waals surface area contributed by atoms with E-state index in [-0.39, 0.29) is 25.2 Å². The summed E-state index contributed by atoms with van der Waals surface area (Å²) in [6, 6.07) is 9.17. The summed E-state index contributed by atoms with van der Waals surface area (Å²) in [5.74, 6) is -3.04. The first-order valence-corrected chi connectivity index (χ1v) is 7.62. The Labute approximate surface area is 133 Å². The standard InChI is InChI=1S/C17H19NO5/c18-14-11(8-13-15(14)23-13)6-7-12(16(19)20)17(21)22-9-10-4-2-1-3-5-10/h1-5,12-13,15H,6-9,18H2,(H,19,20). The summed E-state index contributed by atoms with van der Waals surface area (Å²) in [7, 11) is 0. The van der Waals surface area contributed by atoms with Gasteiger partial charge >= 0.3 is 11.9 Å². The molecule has 3 rings (SSSR count). The van der Waals surface area contributed by atoms with Gasteiger partial charge in [0.1, 0.15) is 12.7 Å². The molecule has 1 saturated heterocycles. The van der Waals surface area contributed by atoms with Gasteiger partial charge in [-0.3, -0.25) is 9.59 Å². The lowest BCUT2D eigenvalue weighted by atomic mass is 9.98. The zero-order valence-electron chi connectivity index (χ0n) is 12.6. The number of aliphatic carboxylic acids is 1. The molecule has 2 aliphatic rings. The van der Waals surface area contributed by atoms with Crippen molar-refractivity contribution in [3.8, 4) is 0 Å². The molecule has 1 fully saturated rings. The fourth-order valence-corrected chi connectivity index (χ4v) is 2.87. The van der Waals surface area contributed by atoms with Crippen molar-refractivity contribution in [3.05, 3.63) is 47.2 Å². The number of nitrogens with two attached hydrogens (primary N) is 1. The monoisotopic (exact) mass is 317 g/mol. The summed E-state index contributed by atoms with van der Waals surface area (Å²) in [5.41, 5.74) is 8.47. The second kappa shape index (κ2) is 6.42. The first-order valence-electron chi connectivity index (χ1n) is 7.62. The SMILES string of the molecule is NC1=C(CCC(C(=O)O)C(=O)OCc2ccccc2)CC2OC12. The van der Waals surface area contributed by atoms with Gasteiger partial charge in [0.25, 0.3) is 0 Å². The minimum Gasteiger partial charge on any atom is -0.481 e. The van der Waals surface area contributed by atoms with E-state index < -0.39 is 17.9 Å². The molecule has 23 heavy (non-hydrogen) atoms. The van der Waals surface area contributed by atoms with Gasteiger partial charge in [-0.1, -0.05) is 30.3 Å². The van der Waals surface area contributed by atoms with Crippen LogP contribution in [0.3, 0.4) is 0 Å². The van der Waals surface area contributed by atoms with Gasteiger partial charge in [0.05, 0.1) is 6.10 Å². The molecule has 0 spiro atoms. The molecule has 0 amide bonds. The third kappa shape index (κ3) is 3.53. The molecule has 0 saturated carbocycles. The zero-order chi connectivity index (χ0) is 16.4. The maximum absolute atomic E-state index is 12.0. The third-order valence-electron chi connectivity index (χ3n) is 4.29. The summed E-state index contributed by atoms with van der Waals surface area (Å²) in [4.78, 5) is 23.4. The molecule has 1 aliphatic carbocycles. The Hall–Kier alpha value is -2.34. The van der Waals surface area contributed by atoms with Crippen molar-refractivity contribution in [2.24, 2.45) is 11.7 Å². The molecule has 122 valence electrons. The number of fused-ring (bicyclic) bond motifs is 1. The molecular formula is C17H19NO5. The van der Waals surface area contributed by atoms with E-state index in [1.54, 1.807) is 0 Å². The average Bonchev–Trinajstić information content (AvgIpc) is 3.25. The number of benzene rings is 1. The zero-order valence-corrected chi connectivity index (χ0v) is 12.6. The molecule has 0 radical (unpaired) electrons. The number of carboxylic acid groups (broad SMARTS) is 1. The Balaban J connectivity index is 1.53. The van der Waals surface area contributed by atoms with Crippen LogP contribution in [0.1, 0.15) is 24.8 Å². The molecule has 3 unspecified atom stereocenters. The highest BCUT2D eigenvalue weighted by atomic mass is 16.6. The van der Waals surface area contributed by atoms with E-state index in [9.17, 15) is 14.7 Å². The van der Waals surface area contributed by atoms with E-state index in [0.29, 0.717) is 12.1 Å². The van der Waals surface area contributed by atoms with E-state index in [2.05, 4.69) is 0 Å². The maximum Gasteiger partial charge on any atom is 0.320 e. The average molecular weight is 317 g/mol. The van der Waals surface area contributed by atoms with Crippen molar-refractivity contribution in [3.63, 3.8) is 0 Å². The smallest absolute Gasteiger partial charge is 0.320 e. The van der Waals surface area contributed by atoms with Crippen molar-refractivity contribution in [1.82, 2.24) is 0 Å². The van der Waals surface area contributed by atoms with Crippen LogP contribution in [0.2, 0.25) is 0 Å². The largest absolute Gasteiger partial charge is 0.481 e. The lowest BCUT2D eigenvalue weighted by Crippen LogP contribution is -2.26. The fraction of sp³-hybridized carbons (Fsp3) is 0.412. The Kier molecular flexibility index (Phi) is 4.34. The fourth-order valence-electron chi connectivity index (χ4n) is 2.87. The number of carboxylic acids is 1. The highest BCUT2D eigenvalue weighted by Gasteiger charge is 2.47. The Morgan fingerprint density at radius 3 is 2.70 bits per heavy atom. The quantitative estimate of drug-likeness (QED) is 0.450. The van der Waals surface area contributed by atoms with Crippen molar-refractivity contribution < 1.29 is 24.2 Å². The minimum absolute atomic E-state index is 0.0123. The van der Waals surface area contributed by atoms with Crippen LogP contribution in [0.4, 0.5) is 0 Å². The highest BCUT2D eigenvalue weighted by Crippen LogP contribution is 2.42. The summed E-state index contributed by atoms with van der Waals surface area (Å²) in [6.45, 7) is 0.0757. The number of rotatable bonds is 7. The summed E-state index contributed by atoms with van der Waals surface area (Å²) in [6.07, 6.45) is 1.59. The van der Waals surface area contributed by atoms with Crippen LogP contribution in [0.5, 0.6) is 0 Å². The van der Waals surface area contributed by atoms with Gasteiger partial charge < -0.3 is 20.3 Å². The van der Waals surface area contributed by atoms with Gasteiger partial charge in [-0.2, -0.15) is 0 Å². The van der Waals surface area contributed by atoms with Crippen LogP contribution in [0, 0.1) is 5.92 Å². The van der Waals surface area contributed by atoms with Crippen molar-refractivity contribution in [2.75, 3.05) is 0 Å². The predicted molar refractivity (Wildman–Crippen MR) is 81.1 cm³/mol. The van der Waals surface area contributed by atoms with E-state index in [0.717, 1.165) is 17.6 Å². The van der Waals surface area contributed by atoms with Crippen LogP contribution >= 0.6 is 0 Å². The van der Waals surface area contributed by atoms with Crippen LogP contribution < -0.4 is 5.73 Å². The second-order valence-electron chi connectivity index (χ2n) is 5.88. The first kappa shape index (κ1) is 15.6. The van der Waals surface area contributed by atoms with Crippen LogP contribution in [-0.2, 0) is 25.7 Å². The molecule has 1 aromatic carbocycles. The summed E-state index contributed by atoms with van der Waals surface area (Å²) < 4.78 is 10.4. The van der Waals surface area contributed by atoms with Crippen LogP contribution in [-0.4, -0.2) is 29.3 Å². The van der Waals surface area contributed by atoms with Crippen molar-refractivity contribution in [1.29, 1.82) is 0 Å². The van der Waals surface area contributed by atoms with E-state index in [4.69, 9.17) is 15.2 Å². The molecule has 6 nitrogen and oxygen atoms in total. The molecule has 3 N–H and O–H groups in total. The lowest BCUT2D eigenvalue weighted by Gasteiger charge is -2.13. The minimum atomic E-state index is -1.17. The van der Waals surface area contributed by atoms with Crippen molar-refractivity contribution >= 4 is 11.9 Å². The number of hydrogen-bond donors (Lipinski definition) is 2. The lowest BCUT2D eigenvalue weighted by molar-refractivity contribution is -0.159. The molecule has 3 atom stereocenters. The molecule has 1 aliphatic heterocycles. The van der Waals surface area contributed by atoms with E-state index in [1.165, 1.54) is 0 Å². The number of carbonyl (C=O) groups is 2. The van der Waals surface area contributed by atoms with Crippen LogP contribution in [0.15, 0.2) is 41.6 Å². The van der Waals surface area contributed by atoms with E-state index in [1.807, 2.05) is 30.3 Å². The van der Waals surface area contributed by atoms with Gasteiger partial charge in [-0.25, -0.2) is 0 Å². The van der Waals surface area contributed by atoms with Gasteiger partial charge in [0, 0.05) is 5.70 Å². The van der Waals surface area contributed by atoms with Gasteiger partial charge in [-0.05, 0) is 30.4 Å². The maximum atomic E-state index is 12.0. The Bertz CT molecular complexity index is 640. The predicted octanol–water partition coefficient (Wildman–Crippen LogP) is 1.59. The van der Waals surface area contributed by atoms with Gasteiger partial charge in [0.15, 0.2) is 5.92 Å². The highest BCUT2D eigenvalue weighted by molar-refractivity contribution is 5.93. The number of carbonyl (C=O) groups excluding carboxylic acids is 1. The second-order valence-corrected chi connectivity index (χ2v) is 5.88. The first-order chi connectivity index (χ1) is 11.1. The molecule has 6 heteroatoms. The molecule has 1 heterocycles. The molecule has 0 aromatic heterocycles.